The lowest BCUT2D eigenvalue weighted by molar-refractivity contribution is -0.195. The molecule has 0 aromatic heterocycles. The van der Waals surface area contributed by atoms with Crippen LogP contribution in [0.15, 0.2) is 59.5 Å². The van der Waals surface area contributed by atoms with Crippen molar-refractivity contribution in [3.05, 3.63) is 65.7 Å². The number of halogens is 3. The van der Waals surface area contributed by atoms with Crippen LogP contribution in [0.25, 0.3) is 0 Å². The van der Waals surface area contributed by atoms with Gasteiger partial charge in [0.05, 0.1) is 29.4 Å². The molecule has 3 atom stereocenters. The van der Waals surface area contributed by atoms with Gasteiger partial charge in [0.1, 0.15) is 0 Å². The Hall–Kier alpha value is -2.43. The molecule has 2 heterocycles. The molecule has 1 amide bonds. The van der Waals surface area contributed by atoms with Crippen molar-refractivity contribution in [1.82, 2.24) is 4.90 Å². The number of benzene rings is 2. The molecular weight excluding hydrogens is 519 g/mol. The minimum absolute atomic E-state index is 0.0479. The summed E-state index contributed by atoms with van der Waals surface area (Å²) in [7, 11) is -3.60. The van der Waals surface area contributed by atoms with Crippen LogP contribution in [-0.2, 0) is 36.7 Å². The number of carbonyl (C=O) groups is 1. The lowest BCUT2D eigenvalue weighted by Crippen LogP contribution is -2.52. The molecule has 3 fully saturated rings. The maximum absolute atomic E-state index is 13.5. The van der Waals surface area contributed by atoms with Gasteiger partial charge in [-0.1, -0.05) is 36.4 Å². The van der Waals surface area contributed by atoms with Crippen LogP contribution in [-0.4, -0.2) is 56.6 Å². The second-order valence-electron chi connectivity index (χ2n) is 10.5. The first kappa shape index (κ1) is 27.1. The van der Waals surface area contributed by atoms with Gasteiger partial charge in [-0.3, -0.25) is 4.79 Å². The number of carbonyl (C=O) groups excluding carboxylic acids is 1. The van der Waals surface area contributed by atoms with E-state index in [1.54, 1.807) is 36.4 Å². The number of hydrogen-bond acceptors (Lipinski definition) is 5. The molecule has 0 radical (unpaired) electrons. The third kappa shape index (κ3) is 5.77. The first-order valence-electron chi connectivity index (χ1n) is 13.1. The first-order chi connectivity index (χ1) is 18.1. The van der Waals surface area contributed by atoms with Crippen LogP contribution < -0.4 is 0 Å². The zero-order valence-corrected chi connectivity index (χ0v) is 21.8. The number of rotatable bonds is 7. The summed E-state index contributed by atoms with van der Waals surface area (Å²) in [5, 5.41) is 0. The van der Waals surface area contributed by atoms with Gasteiger partial charge >= 0.3 is 6.18 Å². The van der Waals surface area contributed by atoms with Crippen molar-refractivity contribution in [2.24, 2.45) is 11.8 Å². The molecule has 6 nitrogen and oxygen atoms in total. The molecule has 1 spiro atoms. The third-order valence-corrected chi connectivity index (χ3v) is 9.93. The van der Waals surface area contributed by atoms with Crippen molar-refractivity contribution in [3.63, 3.8) is 0 Å². The van der Waals surface area contributed by atoms with Gasteiger partial charge in [0.25, 0.3) is 0 Å². The molecule has 2 saturated heterocycles. The Bertz CT molecular complexity index is 1240. The van der Waals surface area contributed by atoms with Crippen LogP contribution >= 0.6 is 0 Å². The van der Waals surface area contributed by atoms with Gasteiger partial charge < -0.3 is 14.4 Å². The standard InChI is InChI=1S/C28H32F3NO5S/c29-28(30,31)23-6-4-5-20(17-23)9-10-21-12-14-32(26(21)33)25-11-13-27(36-15-16-37-27)18-22(25)19-38(34,35)24-7-2-1-3-8-24/h1-8,17,21-22,25H,9-16,18-19H2/t21-,22?,25?/m0/s1. The fraction of sp³-hybridized carbons (Fsp3) is 0.536. The Balaban J connectivity index is 1.29. The van der Waals surface area contributed by atoms with E-state index in [1.165, 1.54) is 6.07 Å². The summed E-state index contributed by atoms with van der Waals surface area (Å²) in [5.41, 5.74) is -0.141. The van der Waals surface area contributed by atoms with E-state index >= 15 is 0 Å². The average Bonchev–Trinajstić information content (AvgIpc) is 3.49. The van der Waals surface area contributed by atoms with E-state index in [9.17, 15) is 26.4 Å². The molecule has 1 saturated carbocycles. The molecule has 3 aliphatic rings. The van der Waals surface area contributed by atoms with Crippen molar-refractivity contribution in [3.8, 4) is 0 Å². The minimum atomic E-state index is -4.41. The highest BCUT2D eigenvalue weighted by Gasteiger charge is 2.50. The van der Waals surface area contributed by atoms with Crippen LogP contribution in [0.2, 0.25) is 0 Å². The molecule has 2 aromatic carbocycles. The Morgan fingerprint density at radius 2 is 1.74 bits per heavy atom. The van der Waals surface area contributed by atoms with Gasteiger partial charge in [0.15, 0.2) is 15.6 Å². The van der Waals surface area contributed by atoms with Gasteiger partial charge in [-0.15, -0.1) is 0 Å². The largest absolute Gasteiger partial charge is 0.416 e. The highest BCUT2D eigenvalue weighted by Crippen LogP contribution is 2.43. The summed E-state index contributed by atoms with van der Waals surface area (Å²) in [6.07, 6.45) is -1.44. The number of likely N-dealkylation sites (tertiary alicyclic amines) is 1. The lowest BCUT2D eigenvalue weighted by atomic mass is 9.80. The predicted octanol–water partition coefficient (Wildman–Crippen LogP) is 4.87. The monoisotopic (exact) mass is 551 g/mol. The van der Waals surface area contributed by atoms with Crippen LogP contribution in [0.1, 0.15) is 43.2 Å². The van der Waals surface area contributed by atoms with Crippen LogP contribution in [0.3, 0.4) is 0 Å². The first-order valence-corrected chi connectivity index (χ1v) is 14.7. The number of alkyl halides is 3. The van der Waals surface area contributed by atoms with Crippen molar-refractivity contribution >= 4 is 15.7 Å². The molecule has 206 valence electrons. The second kappa shape index (κ2) is 10.6. The summed E-state index contributed by atoms with van der Waals surface area (Å²) in [5.74, 6) is -1.63. The van der Waals surface area contributed by atoms with Gasteiger partial charge in [-0.2, -0.15) is 13.2 Å². The van der Waals surface area contributed by atoms with E-state index in [2.05, 4.69) is 0 Å². The summed E-state index contributed by atoms with van der Waals surface area (Å²) >= 11 is 0. The Morgan fingerprint density at radius 1 is 1.00 bits per heavy atom. The number of nitrogens with zero attached hydrogens (tertiary/aromatic N) is 1. The highest BCUT2D eigenvalue weighted by molar-refractivity contribution is 7.91. The smallest absolute Gasteiger partial charge is 0.348 e. The van der Waals surface area contributed by atoms with Crippen molar-refractivity contribution in [2.75, 3.05) is 25.5 Å². The van der Waals surface area contributed by atoms with Gasteiger partial charge in [-0.25, -0.2) is 8.42 Å². The van der Waals surface area contributed by atoms with Crippen LogP contribution in [0.4, 0.5) is 13.2 Å². The topological polar surface area (TPSA) is 72.9 Å². The molecule has 1 aliphatic carbocycles. The van der Waals surface area contributed by atoms with Crippen LogP contribution in [0.5, 0.6) is 0 Å². The number of hydrogen-bond donors (Lipinski definition) is 0. The van der Waals surface area contributed by atoms with Gasteiger partial charge in [-0.05, 0) is 55.4 Å². The maximum atomic E-state index is 13.5. The molecular formula is C28H32F3NO5S. The SMILES string of the molecule is O=C1[C@@H](CCc2cccc(C(F)(F)F)c2)CCN1C1CCC2(CC1CS(=O)(=O)c1ccccc1)OCCO2. The van der Waals surface area contributed by atoms with E-state index in [1.807, 2.05) is 4.90 Å². The van der Waals surface area contributed by atoms with E-state index in [-0.39, 0.29) is 34.4 Å². The minimum Gasteiger partial charge on any atom is -0.348 e. The van der Waals surface area contributed by atoms with E-state index in [4.69, 9.17) is 9.47 Å². The van der Waals surface area contributed by atoms with Crippen molar-refractivity contribution in [2.45, 2.75) is 61.4 Å². The summed E-state index contributed by atoms with van der Waals surface area (Å²) in [6.45, 7) is 1.43. The Kier molecular flexibility index (Phi) is 7.59. The molecule has 2 unspecified atom stereocenters. The molecule has 0 N–H and O–H groups in total. The molecule has 38 heavy (non-hydrogen) atoms. The van der Waals surface area contributed by atoms with Crippen molar-refractivity contribution in [1.29, 1.82) is 0 Å². The van der Waals surface area contributed by atoms with Gasteiger partial charge in [0.2, 0.25) is 5.91 Å². The molecule has 2 aliphatic heterocycles. The number of aryl methyl sites for hydroxylation is 1. The Morgan fingerprint density at radius 3 is 2.45 bits per heavy atom. The zero-order valence-electron chi connectivity index (χ0n) is 21.0. The fourth-order valence-corrected chi connectivity index (χ4v) is 7.86. The van der Waals surface area contributed by atoms with E-state index in [0.29, 0.717) is 63.8 Å². The zero-order chi connectivity index (χ0) is 27.0. The van der Waals surface area contributed by atoms with Crippen LogP contribution in [0, 0.1) is 11.8 Å². The number of amides is 1. The normalized spacial score (nSPS) is 25.8. The molecule has 0 bridgehead atoms. The summed E-state index contributed by atoms with van der Waals surface area (Å²) in [4.78, 5) is 15.5. The van der Waals surface area contributed by atoms with E-state index < -0.39 is 27.4 Å². The average molecular weight is 552 g/mol. The highest BCUT2D eigenvalue weighted by atomic mass is 32.2. The Labute approximate surface area is 221 Å². The third-order valence-electron chi connectivity index (χ3n) is 8.07. The predicted molar refractivity (Wildman–Crippen MR) is 134 cm³/mol. The quantitative estimate of drug-likeness (QED) is 0.491. The number of sulfone groups is 1. The van der Waals surface area contributed by atoms with Gasteiger partial charge in [0, 0.05) is 31.3 Å². The molecule has 5 rings (SSSR count). The molecule has 2 aromatic rings. The fourth-order valence-electron chi connectivity index (χ4n) is 6.19. The summed E-state index contributed by atoms with van der Waals surface area (Å²) in [6, 6.07) is 13.3. The maximum Gasteiger partial charge on any atom is 0.416 e. The summed E-state index contributed by atoms with van der Waals surface area (Å²) < 4.78 is 77.7. The lowest BCUT2D eigenvalue weighted by Gasteiger charge is -2.44. The van der Waals surface area contributed by atoms with E-state index in [0.717, 1.165) is 12.1 Å². The molecule has 10 heteroatoms. The number of ether oxygens (including phenoxy) is 2. The van der Waals surface area contributed by atoms with Crippen molar-refractivity contribution < 1.29 is 35.9 Å². The second-order valence-corrected chi connectivity index (χ2v) is 12.6.